The lowest BCUT2D eigenvalue weighted by Gasteiger charge is -2.06. The number of nitrogens with zero attached hydrogens (tertiary/aromatic N) is 3. The predicted molar refractivity (Wildman–Crippen MR) is 108 cm³/mol. The zero-order valence-corrected chi connectivity index (χ0v) is 16.3. The van der Waals surface area contributed by atoms with Crippen LogP contribution in [0.5, 0.6) is 0 Å². The lowest BCUT2D eigenvalue weighted by molar-refractivity contribution is 0.777. The van der Waals surface area contributed by atoms with Gasteiger partial charge in [0.25, 0.3) is 11.5 Å². The van der Waals surface area contributed by atoms with Gasteiger partial charge in [-0.15, -0.1) is 0 Å². The van der Waals surface area contributed by atoms with Crippen LogP contribution in [0, 0.1) is 27.7 Å². The molecule has 0 amide bonds. The van der Waals surface area contributed by atoms with Crippen LogP contribution in [0.2, 0.25) is 0 Å². The van der Waals surface area contributed by atoms with Gasteiger partial charge in [0.15, 0.2) is 5.43 Å². The number of rotatable bonds is 3. The molecule has 1 aromatic carbocycles. The second-order valence-corrected chi connectivity index (χ2v) is 7.18. The highest BCUT2D eigenvalue weighted by Crippen LogP contribution is 2.14. The molecule has 0 spiro atoms. The van der Waals surface area contributed by atoms with E-state index in [2.05, 4.69) is 20.1 Å². The van der Waals surface area contributed by atoms with Gasteiger partial charge in [0, 0.05) is 29.1 Å². The average Bonchev–Trinajstić information content (AvgIpc) is 2.94. The summed E-state index contributed by atoms with van der Waals surface area (Å²) in [6.45, 7) is 7.52. The summed E-state index contributed by atoms with van der Waals surface area (Å²) in [6.07, 6.45) is 0.462. The second kappa shape index (κ2) is 6.60. The van der Waals surface area contributed by atoms with Crippen molar-refractivity contribution in [3.8, 4) is 5.95 Å². The Labute approximate surface area is 161 Å². The summed E-state index contributed by atoms with van der Waals surface area (Å²) in [7, 11) is 0. The summed E-state index contributed by atoms with van der Waals surface area (Å²) in [6, 6.07) is 9.83. The van der Waals surface area contributed by atoms with Gasteiger partial charge in [0.2, 0.25) is 0 Å². The number of nitrogens with one attached hydrogen (secondary N) is 2. The minimum absolute atomic E-state index is 0.0935. The Morgan fingerprint density at radius 3 is 2.39 bits per heavy atom. The van der Waals surface area contributed by atoms with Gasteiger partial charge >= 0.3 is 0 Å². The van der Waals surface area contributed by atoms with Gasteiger partial charge in [0.1, 0.15) is 11.0 Å². The zero-order valence-electron chi connectivity index (χ0n) is 16.3. The third-order valence-corrected chi connectivity index (χ3v) is 4.79. The number of hydrogen-bond acceptors (Lipinski definition) is 4. The molecular weight excluding hydrogens is 354 g/mol. The molecule has 4 rings (SSSR count). The monoisotopic (exact) mass is 375 g/mol. The van der Waals surface area contributed by atoms with Crippen LogP contribution in [0.1, 0.15) is 33.8 Å². The standard InChI is InChI=1S/C21H21N5O2/c1-11-6-5-7-15(8-11)10-16-14(4)24-19-17(18(16)27)20(28)26(25-19)21-22-12(2)9-13(3)23-21/h5-9H,10H2,1-4H3,(H2,24,25,27). The van der Waals surface area contributed by atoms with Crippen molar-refractivity contribution >= 4 is 11.0 Å². The molecule has 0 saturated carbocycles. The highest BCUT2D eigenvalue weighted by atomic mass is 16.1. The molecule has 3 aromatic heterocycles. The minimum atomic E-state index is -0.452. The summed E-state index contributed by atoms with van der Waals surface area (Å²) in [5.74, 6) is 0.226. The van der Waals surface area contributed by atoms with E-state index in [4.69, 9.17) is 0 Å². The highest BCUT2D eigenvalue weighted by molar-refractivity contribution is 5.75. The largest absolute Gasteiger partial charge is 0.343 e. The van der Waals surface area contributed by atoms with Crippen LogP contribution in [-0.2, 0) is 6.42 Å². The molecule has 0 atom stereocenters. The van der Waals surface area contributed by atoms with Crippen molar-refractivity contribution in [3.63, 3.8) is 0 Å². The fourth-order valence-corrected chi connectivity index (χ4v) is 3.51. The molecule has 28 heavy (non-hydrogen) atoms. The van der Waals surface area contributed by atoms with Crippen LogP contribution in [0.4, 0.5) is 0 Å². The Kier molecular flexibility index (Phi) is 4.22. The normalized spacial score (nSPS) is 11.3. The molecular formula is C21H21N5O2. The molecule has 0 fully saturated rings. The van der Waals surface area contributed by atoms with Crippen LogP contribution in [0.3, 0.4) is 0 Å². The van der Waals surface area contributed by atoms with Crippen molar-refractivity contribution in [1.82, 2.24) is 24.7 Å². The summed E-state index contributed by atoms with van der Waals surface area (Å²) >= 11 is 0. The maximum absolute atomic E-state index is 13.1. The van der Waals surface area contributed by atoms with Crippen molar-refractivity contribution in [2.75, 3.05) is 0 Å². The number of fused-ring (bicyclic) bond motifs is 1. The molecule has 3 heterocycles. The van der Waals surface area contributed by atoms with Gasteiger partial charge in [0.05, 0.1) is 0 Å². The highest BCUT2D eigenvalue weighted by Gasteiger charge is 2.18. The molecule has 4 aromatic rings. The number of aromatic nitrogens is 5. The molecule has 0 aliphatic rings. The van der Waals surface area contributed by atoms with E-state index in [9.17, 15) is 9.59 Å². The molecule has 0 saturated heterocycles. The lowest BCUT2D eigenvalue weighted by Crippen LogP contribution is -2.22. The first-order valence-corrected chi connectivity index (χ1v) is 9.08. The Bertz CT molecular complexity index is 1310. The Balaban J connectivity index is 1.90. The first kappa shape index (κ1) is 17.9. The van der Waals surface area contributed by atoms with E-state index in [0.29, 0.717) is 17.6 Å². The number of H-pyrrole nitrogens is 2. The average molecular weight is 375 g/mol. The smallest absolute Gasteiger partial charge is 0.287 e. The van der Waals surface area contributed by atoms with E-state index in [1.807, 2.05) is 58.0 Å². The van der Waals surface area contributed by atoms with Crippen LogP contribution in [0.25, 0.3) is 17.0 Å². The number of aryl methyl sites for hydroxylation is 4. The van der Waals surface area contributed by atoms with E-state index in [-0.39, 0.29) is 16.8 Å². The molecule has 142 valence electrons. The molecule has 7 heteroatoms. The van der Waals surface area contributed by atoms with E-state index < -0.39 is 5.56 Å². The third kappa shape index (κ3) is 3.05. The van der Waals surface area contributed by atoms with Crippen LogP contribution in [0.15, 0.2) is 39.9 Å². The van der Waals surface area contributed by atoms with Crippen molar-refractivity contribution in [2.45, 2.75) is 34.1 Å². The van der Waals surface area contributed by atoms with Crippen LogP contribution in [-0.4, -0.2) is 24.7 Å². The molecule has 2 N–H and O–H groups in total. The molecule has 0 aliphatic carbocycles. The fourth-order valence-electron chi connectivity index (χ4n) is 3.51. The predicted octanol–water partition coefficient (Wildman–Crippen LogP) is 2.62. The van der Waals surface area contributed by atoms with Crippen molar-refractivity contribution in [3.05, 3.63) is 84.7 Å². The first-order chi connectivity index (χ1) is 13.3. The van der Waals surface area contributed by atoms with Gasteiger partial charge in [-0.05, 0) is 39.3 Å². The van der Waals surface area contributed by atoms with Crippen molar-refractivity contribution < 1.29 is 0 Å². The van der Waals surface area contributed by atoms with E-state index in [0.717, 1.165) is 28.2 Å². The number of benzene rings is 1. The summed E-state index contributed by atoms with van der Waals surface area (Å²) < 4.78 is 1.22. The van der Waals surface area contributed by atoms with Crippen LogP contribution >= 0.6 is 0 Å². The van der Waals surface area contributed by atoms with Gasteiger partial charge in [-0.2, -0.15) is 4.68 Å². The number of aromatic amines is 2. The Hall–Kier alpha value is -3.48. The summed E-state index contributed by atoms with van der Waals surface area (Å²) in [5.41, 5.74) is 4.63. The Morgan fingerprint density at radius 1 is 1.00 bits per heavy atom. The molecule has 0 radical (unpaired) electrons. The zero-order chi connectivity index (χ0) is 20.0. The summed E-state index contributed by atoms with van der Waals surface area (Å²) in [4.78, 5) is 37.9. The van der Waals surface area contributed by atoms with E-state index in [1.54, 1.807) is 0 Å². The first-order valence-electron chi connectivity index (χ1n) is 9.08. The molecule has 0 aliphatic heterocycles. The van der Waals surface area contributed by atoms with Gasteiger partial charge in [-0.25, -0.2) is 9.97 Å². The maximum Gasteiger partial charge on any atom is 0.287 e. The number of pyridine rings is 1. The lowest BCUT2D eigenvalue weighted by atomic mass is 10.0. The minimum Gasteiger partial charge on any atom is -0.343 e. The molecule has 0 bridgehead atoms. The molecule has 0 unspecified atom stereocenters. The van der Waals surface area contributed by atoms with E-state index >= 15 is 0 Å². The van der Waals surface area contributed by atoms with Crippen LogP contribution < -0.4 is 11.0 Å². The maximum atomic E-state index is 13.1. The van der Waals surface area contributed by atoms with Crippen molar-refractivity contribution in [2.24, 2.45) is 0 Å². The summed E-state index contributed by atoms with van der Waals surface area (Å²) in [5, 5.41) is 3.03. The fraction of sp³-hybridized carbons (Fsp3) is 0.238. The van der Waals surface area contributed by atoms with Gasteiger partial charge in [-0.1, -0.05) is 29.8 Å². The number of hydrogen-bond donors (Lipinski definition) is 2. The van der Waals surface area contributed by atoms with E-state index in [1.165, 1.54) is 4.68 Å². The van der Waals surface area contributed by atoms with Gasteiger partial charge in [-0.3, -0.25) is 14.7 Å². The van der Waals surface area contributed by atoms with Gasteiger partial charge < -0.3 is 4.98 Å². The second-order valence-electron chi connectivity index (χ2n) is 7.18. The SMILES string of the molecule is Cc1cccc(Cc2c(C)[nH]c3[nH]n(-c4nc(C)cc(C)n4)c(=O)c3c2=O)c1. The third-order valence-electron chi connectivity index (χ3n) is 4.79. The topological polar surface area (TPSA) is 96.4 Å². The van der Waals surface area contributed by atoms with Crippen molar-refractivity contribution in [1.29, 1.82) is 0 Å². The Morgan fingerprint density at radius 2 is 1.71 bits per heavy atom. The quantitative estimate of drug-likeness (QED) is 0.575. The molecule has 7 nitrogen and oxygen atoms in total.